The lowest BCUT2D eigenvalue weighted by Crippen LogP contribution is -2.07. The zero-order valence-electron chi connectivity index (χ0n) is 11.9. The Bertz CT molecular complexity index is 678. The third-order valence-electron chi connectivity index (χ3n) is 2.91. The fourth-order valence-electron chi connectivity index (χ4n) is 1.82. The van der Waals surface area contributed by atoms with Crippen LogP contribution >= 0.6 is 0 Å². The summed E-state index contributed by atoms with van der Waals surface area (Å²) in [5.74, 6) is -0.167. The molecule has 0 radical (unpaired) electrons. The van der Waals surface area contributed by atoms with Crippen molar-refractivity contribution < 1.29 is 4.39 Å². The monoisotopic (exact) mass is 285 g/mol. The molecule has 0 aliphatic rings. The number of hydrogen-bond donors (Lipinski definition) is 2. The number of halogens is 1. The van der Waals surface area contributed by atoms with Crippen LogP contribution in [-0.4, -0.2) is 16.5 Å². The lowest BCUT2D eigenvalue weighted by molar-refractivity contribution is 0.619. The van der Waals surface area contributed by atoms with Crippen molar-refractivity contribution in [1.29, 1.82) is 5.26 Å². The van der Waals surface area contributed by atoms with Crippen LogP contribution in [0.15, 0.2) is 24.4 Å². The molecule has 2 rings (SSSR count). The van der Waals surface area contributed by atoms with Gasteiger partial charge in [-0.1, -0.05) is 19.1 Å². The van der Waals surface area contributed by atoms with Crippen LogP contribution in [0.5, 0.6) is 0 Å². The molecule has 0 aliphatic heterocycles. The molecule has 0 spiro atoms. The number of aryl methyl sites for hydroxylation is 1. The summed E-state index contributed by atoms with van der Waals surface area (Å²) in [5, 5.41) is 15.0. The minimum atomic E-state index is -0.567. The third kappa shape index (κ3) is 3.45. The SMILES string of the molecule is CCCNc1ncc(F)c(Nc2cccc(C)c2C#N)n1. The Morgan fingerprint density at radius 1 is 1.38 bits per heavy atom. The van der Waals surface area contributed by atoms with Crippen LogP contribution in [0.3, 0.4) is 0 Å². The van der Waals surface area contributed by atoms with Crippen molar-refractivity contribution in [2.45, 2.75) is 20.3 Å². The third-order valence-corrected chi connectivity index (χ3v) is 2.91. The Kier molecular flexibility index (Phi) is 4.67. The Hall–Kier alpha value is -2.68. The summed E-state index contributed by atoms with van der Waals surface area (Å²) in [4.78, 5) is 7.97. The van der Waals surface area contributed by atoms with Crippen molar-refractivity contribution >= 4 is 17.5 Å². The van der Waals surface area contributed by atoms with Gasteiger partial charge in [0.25, 0.3) is 0 Å². The number of nitrogens with one attached hydrogen (secondary N) is 2. The molecule has 2 N–H and O–H groups in total. The minimum Gasteiger partial charge on any atom is -0.354 e. The van der Waals surface area contributed by atoms with Crippen LogP contribution < -0.4 is 10.6 Å². The summed E-state index contributed by atoms with van der Waals surface area (Å²) in [5.41, 5.74) is 1.82. The second-order valence-electron chi connectivity index (χ2n) is 4.55. The smallest absolute Gasteiger partial charge is 0.224 e. The number of benzene rings is 1. The summed E-state index contributed by atoms with van der Waals surface area (Å²) in [6.45, 7) is 4.55. The molecule has 108 valence electrons. The molecule has 0 fully saturated rings. The highest BCUT2D eigenvalue weighted by atomic mass is 19.1. The molecule has 0 amide bonds. The zero-order valence-corrected chi connectivity index (χ0v) is 11.9. The summed E-state index contributed by atoms with van der Waals surface area (Å²) in [6, 6.07) is 7.45. The van der Waals surface area contributed by atoms with E-state index >= 15 is 0 Å². The first-order chi connectivity index (χ1) is 10.2. The van der Waals surface area contributed by atoms with E-state index in [-0.39, 0.29) is 5.82 Å². The Balaban J connectivity index is 2.31. The molecule has 0 bridgehead atoms. The molecule has 0 saturated heterocycles. The Labute approximate surface area is 122 Å². The standard InChI is InChI=1S/C15H16FN5/c1-3-7-18-15-19-9-12(16)14(21-15)20-13-6-4-5-10(2)11(13)8-17/h4-6,9H,3,7H2,1-2H3,(H2,18,19,20,21). The topological polar surface area (TPSA) is 73.6 Å². The summed E-state index contributed by atoms with van der Waals surface area (Å²) in [7, 11) is 0. The van der Waals surface area contributed by atoms with Gasteiger partial charge < -0.3 is 10.6 Å². The van der Waals surface area contributed by atoms with E-state index in [0.29, 0.717) is 23.7 Å². The highest BCUT2D eigenvalue weighted by Gasteiger charge is 2.10. The number of rotatable bonds is 5. The maximum absolute atomic E-state index is 13.8. The van der Waals surface area contributed by atoms with E-state index < -0.39 is 5.82 Å². The first-order valence-electron chi connectivity index (χ1n) is 6.68. The van der Waals surface area contributed by atoms with E-state index in [2.05, 4.69) is 26.7 Å². The van der Waals surface area contributed by atoms with E-state index in [1.54, 1.807) is 12.1 Å². The van der Waals surface area contributed by atoms with E-state index in [1.165, 1.54) is 0 Å². The molecule has 1 aromatic carbocycles. The maximum atomic E-state index is 13.8. The molecule has 5 nitrogen and oxygen atoms in total. The van der Waals surface area contributed by atoms with Crippen molar-refractivity contribution in [3.05, 3.63) is 41.3 Å². The molecule has 0 atom stereocenters. The van der Waals surface area contributed by atoms with Crippen LogP contribution in [0, 0.1) is 24.1 Å². The normalized spacial score (nSPS) is 10.0. The molecule has 0 aliphatic carbocycles. The molecule has 6 heteroatoms. The average Bonchev–Trinajstić information content (AvgIpc) is 2.48. The summed E-state index contributed by atoms with van der Waals surface area (Å²) in [6.07, 6.45) is 2.02. The Morgan fingerprint density at radius 2 is 2.19 bits per heavy atom. The second kappa shape index (κ2) is 6.66. The molecule has 21 heavy (non-hydrogen) atoms. The van der Waals surface area contributed by atoms with Gasteiger partial charge in [-0.15, -0.1) is 0 Å². The molecule has 0 saturated carbocycles. The van der Waals surface area contributed by atoms with Crippen molar-refractivity contribution in [3.63, 3.8) is 0 Å². The van der Waals surface area contributed by atoms with Gasteiger partial charge in [-0.2, -0.15) is 10.2 Å². The predicted octanol–water partition coefficient (Wildman–Crippen LogP) is 3.36. The van der Waals surface area contributed by atoms with E-state index in [0.717, 1.165) is 18.2 Å². The number of nitrogens with zero attached hydrogens (tertiary/aromatic N) is 3. The average molecular weight is 285 g/mol. The van der Waals surface area contributed by atoms with Gasteiger partial charge in [0.1, 0.15) is 6.07 Å². The summed E-state index contributed by atoms with van der Waals surface area (Å²) < 4.78 is 13.8. The Morgan fingerprint density at radius 3 is 2.90 bits per heavy atom. The van der Waals surface area contributed by atoms with E-state index in [4.69, 9.17) is 0 Å². The van der Waals surface area contributed by atoms with Crippen LogP contribution in [0.1, 0.15) is 24.5 Å². The predicted molar refractivity (Wildman–Crippen MR) is 79.9 cm³/mol. The molecular weight excluding hydrogens is 269 g/mol. The van der Waals surface area contributed by atoms with Gasteiger partial charge in [-0.3, -0.25) is 0 Å². The second-order valence-corrected chi connectivity index (χ2v) is 4.55. The van der Waals surface area contributed by atoms with E-state index in [9.17, 15) is 9.65 Å². The fourth-order valence-corrected chi connectivity index (χ4v) is 1.82. The first kappa shape index (κ1) is 14.7. The molecule has 2 aromatic rings. The van der Waals surface area contributed by atoms with Gasteiger partial charge in [-0.05, 0) is 25.0 Å². The van der Waals surface area contributed by atoms with Gasteiger partial charge in [0, 0.05) is 6.54 Å². The van der Waals surface area contributed by atoms with Gasteiger partial charge in [-0.25, -0.2) is 9.37 Å². The highest BCUT2D eigenvalue weighted by molar-refractivity contribution is 5.67. The van der Waals surface area contributed by atoms with Crippen LogP contribution in [0.25, 0.3) is 0 Å². The van der Waals surface area contributed by atoms with Gasteiger partial charge in [0.2, 0.25) is 5.95 Å². The minimum absolute atomic E-state index is 0.0469. The molecular formula is C15H16FN5. The number of aromatic nitrogens is 2. The molecule has 1 aromatic heterocycles. The zero-order chi connectivity index (χ0) is 15.2. The van der Waals surface area contributed by atoms with E-state index in [1.807, 2.05) is 19.9 Å². The van der Waals surface area contributed by atoms with Gasteiger partial charge >= 0.3 is 0 Å². The van der Waals surface area contributed by atoms with Crippen LogP contribution in [-0.2, 0) is 0 Å². The maximum Gasteiger partial charge on any atom is 0.224 e. The number of nitriles is 1. The van der Waals surface area contributed by atoms with Crippen molar-refractivity contribution in [2.75, 3.05) is 17.2 Å². The lowest BCUT2D eigenvalue weighted by Gasteiger charge is -2.11. The van der Waals surface area contributed by atoms with Crippen LogP contribution in [0.2, 0.25) is 0 Å². The highest BCUT2D eigenvalue weighted by Crippen LogP contribution is 2.23. The van der Waals surface area contributed by atoms with Crippen molar-refractivity contribution in [2.24, 2.45) is 0 Å². The number of anilines is 3. The van der Waals surface area contributed by atoms with Gasteiger partial charge in [0.05, 0.1) is 17.4 Å². The fraction of sp³-hybridized carbons (Fsp3) is 0.267. The first-order valence-corrected chi connectivity index (χ1v) is 6.68. The quantitative estimate of drug-likeness (QED) is 0.881. The van der Waals surface area contributed by atoms with Crippen LogP contribution in [0.4, 0.5) is 21.8 Å². The largest absolute Gasteiger partial charge is 0.354 e. The molecule has 1 heterocycles. The van der Waals surface area contributed by atoms with Crippen molar-refractivity contribution in [1.82, 2.24) is 9.97 Å². The summed E-state index contributed by atoms with van der Waals surface area (Å²) >= 11 is 0. The van der Waals surface area contributed by atoms with Gasteiger partial charge in [0.15, 0.2) is 11.6 Å². The van der Waals surface area contributed by atoms with Crippen molar-refractivity contribution in [3.8, 4) is 6.07 Å². The lowest BCUT2D eigenvalue weighted by atomic mass is 10.1. The molecule has 0 unspecified atom stereocenters. The number of hydrogen-bond acceptors (Lipinski definition) is 5.